The molecule has 0 N–H and O–H groups in total. The predicted molar refractivity (Wildman–Crippen MR) is 98.0 cm³/mol. The van der Waals surface area contributed by atoms with Crippen molar-refractivity contribution in [1.82, 2.24) is 0 Å². The molecule has 0 saturated carbocycles. The van der Waals surface area contributed by atoms with E-state index in [4.69, 9.17) is 4.74 Å². The fraction of sp³-hybridized carbons (Fsp3) is 0.250. The molecule has 1 aliphatic heterocycles. The van der Waals surface area contributed by atoms with Crippen molar-refractivity contribution in [2.45, 2.75) is 32.6 Å². The summed E-state index contributed by atoms with van der Waals surface area (Å²) in [5.74, 6) is 0.0511. The molecule has 1 aromatic carbocycles. The van der Waals surface area contributed by atoms with Crippen LogP contribution in [-0.4, -0.2) is 11.7 Å². The minimum atomic E-state index is -0.464. The number of nitrogens with zero attached hydrogens (tertiary/aromatic N) is 2. The summed E-state index contributed by atoms with van der Waals surface area (Å²) < 4.78 is 5.40. The molecule has 1 aromatic heterocycles. The van der Waals surface area contributed by atoms with Crippen LogP contribution in [-0.2, 0) is 22.4 Å². The quantitative estimate of drug-likeness (QED) is 0.752. The second-order valence-corrected chi connectivity index (χ2v) is 7.30. The highest BCUT2D eigenvalue weighted by atomic mass is 32.1. The van der Waals surface area contributed by atoms with Crippen LogP contribution in [0.2, 0.25) is 0 Å². The molecule has 2 aliphatic rings. The maximum absolute atomic E-state index is 12.2. The first-order valence-electron chi connectivity index (χ1n) is 8.30. The van der Waals surface area contributed by atoms with Gasteiger partial charge in [0.15, 0.2) is 5.71 Å². The molecule has 124 valence electrons. The van der Waals surface area contributed by atoms with Gasteiger partial charge >= 0.3 is 5.97 Å². The van der Waals surface area contributed by atoms with E-state index >= 15 is 0 Å². The van der Waals surface area contributed by atoms with Crippen molar-refractivity contribution >= 4 is 33.8 Å². The summed E-state index contributed by atoms with van der Waals surface area (Å²) >= 11 is 1.53. The van der Waals surface area contributed by atoms with E-state index in [2.05, 4.69) is 11.1 Å². The SMILES string of the molecule is Cc1ccccc1C1=C/C(=N\c2sc3c(c2C#N)CCCC3)C(=O)O1. The van der Waals surface area contributed by atoms with Crippen molar-refractivity contribution in [2.75, 3.05) is 0 Å². The lowest BCUT2D eigenvalue weighted by molar-refractivity contribution is -0.128. The Labute approximate surface area is 150 Å². The first-order chi connectivity index (χ1) is 12.2. The van der Waals surface area contributed by atoms with Gasteiger partial charge in [-0.25, -0.2) is 9.79 Å². The normalized spacial score (nSPS) is 17.8. The molecule has 2 aromatic rings. The van der Waals surface area contributed by atoms with Gasteiger partial charge in [0.1, 0.15) is 16.8 Å². The van der Waals surface area contributed by atoms with E-state index in [9.17, 15) is 10.1 Å². The average Bonchev–Trinajstić information content (AvgIpc) is 3.15. The van der Waals surface area contributed by atoms with Crippen molar-refractivity contribution in [3.05, 3.63) is 57.5 Å². The number of hydrogen-bond donors (Lipinski definition) is 0. The van der Waals surface area contributed by atoms with E-state index in [1.54, 1.807) is 6.08 Å². The highest BCUT2D eigenvalue weighted by Crippen LogP contribution is 2.40. The number of esters is 1. The first kappa shape index (κ1) is 15.8. The van der Waals surface area contributed by atoms with Gasteiger partial charge in [-0.05, 0) is 43.7 Å². The van der Waals surface area contributed by atoms with Gasteiger partial charge in [-0.15, -0.1) is 11.3 Å². The van der Waals surface area contributed by atoms with E-state index in [0.717, 1.165) is 42.4 Å². The van der Waals surface area contributed by atoms with Gasteiger partial charge in [-0.3, -0.25) is 0 Å². The lowest BCUT2D eigenvalue weighted by Gasteiger charge is -2.09. The molecule has 4 rings (SSSR count). The van der Waals surface area contributed by atoms with Gasteiger partial charge in [-0.2, -0.15) is 5.26 Å². The fourth-order valence-electron chi connectivity index (χ4n) is 3.28. The topological polar surface area (TPSA) is 62.5 Å². The standard InChI is InChI=1S/C20H16N2O2S/c1-12-6-2-3-7-13(12)17-10-16(20(23)24-17)22-19-15(11-21)14-8-4-5-9-18(14)25-19/h2-3,6-7,10H,4-5,8-9H2,1H3/b22-16+. The van der Waals surface area contributed by atoms with Crippen molar-refractivity contribution in [1.29, 1.82) is 5.26 Å². The van der Waals surface area contributed by atoms with Gasteiger partial charge in [0, 0.05) is 16.5 Å². The zero-order valence-corrected chi connectivity index (χ0v) is 14.7. The molecule has 0 saturated heterocycles. The smallest absolute Gasteiger partial charge is 0.362 e. The number of carbonyl (C=O) groups excluding carboxylic acids is 1. The molecule has 2 heterocycles. The van der Waals surface area contributed by atoms with Crippen LogP contribution in [0.4, 0.5) is 5.00 Å². The molecule has 0 amide bonds. The fourth-order valence-corrected chi connectivity index (χ4v) is 4.50. The summed E-state index contributed by atoms with van der Waals surface area (Å²) in [7, 11) is 0. The molecule has 0 spiro atoms. The summed E-state index contributed by atoms with van der Waals surface area (Å²) in [6.45, 7) is 1.97. The molecule has 0 radical (unpaired) electrons. The summed E-state index contributed by atoms with van der Waals surface area (Å²) in [6.07, 6.45) is 5.84. The second-order valence-electron chi connectivity index (χ2n) is 6.21. The van der Waals surface area contributed by atoms with Crippen molar-refractivity contribution < 1.29 is 9.53 Å². The van der Waals surface area contributed by atoms with Gasteiger partial charge in [0.05, 0.1) is 5.56 Å². The average molecular weight is 348 g/mol. The number of thiophene rings is 1. The Hall–Kier alpha value is -2.71. The number of fused-ring (bicyclic) bond motifs is 1. The molecule has 0 fully saturated rings. The number of aryl methyl sites for hydroxylation is 2. The Bertz CT molecular complexity index is 976. The van der Waals surface area contributed by atoms with E-state index in [1.807, 2.05) is 31.2 Å². The molecule has 4 nitrogen and oxygen atoms in total. The van der Waals surface area contributed by atoms with Crippen molar-refractivity contribution in [3.63, 3.8) is 0 Å². The van der Waals surface area contributed by atoms with E-state index in [1.165, 1.54) is 16.2 Å². The first-order valence-corrected chi connectivity index (χ1v) is 9.12. The summed E-state index contributed by atoms with van der Waals surface area (Å²) in [5.41, 5.74) is 3.91. The van der Waals surface area contributed by atoms with Gasteiger partial charge < -0.3 is 4.74 Å². The number of benzene rings is 1. The van der Waals surface area contributed by atoms with Crippen molar-refractivity contribution in [3.8, 4) is 6.07 Å². The van der Waals surface area contributed by atoms with Crippen LogP contribution in [0.25, 0.3) is 5.76 Å². The minimum absolute atomic E-state index is 0.258. The number of carbonyl (C=O) groups is 1. The third-order valence-corrected chi connectivity index (χ3v) is 5.76. The van der Waals surface area contributed by atoms with Gasteiger partial charge in [-0.1, -0.05) is 24.3 Å². The number of cyclic esters (lactones) is 1. The van der Waals surface area contributed by atoms with Crippen molar-refractivity contribution in [2.24, 2.45) is 4.99 Å². The molecular weight excluding hydrogens is 332 g/mol. The lowest BCUT2D eigenvalue weighted by atomic mass is 9.96. The predicted octanol–water partition coefficient (Wildman–Crippen LogP) is 4.48. The minimum Gasteiger partial charge on any atom is -0.421 e. The summed E-state index contributed by atoms with van der Waals surface area (Å²) in [4.78, 5) is 17.9. The maximum Gasteiger partial charge on any atom is 0.362 e. The third kappa shape index (κ3) is 2.79. The van der Waals surface area contributed by atoms with Crippen LogP contribution in [0.1, 0.15) is 40.0 Å². The molecule has 25 heavy (non-hydrogen) atoms. The zero-order chi connectivity index (χ0) is 17.4. The molecule has 0 bridgehead atoms. The maximum atomic E-state index is 12.2. The Kier molecular flexibility index (Phi) is 3.98. The van der Waals surface area contributed by atoms with Gasteiger partial charge in [0.2, 0.25) is 0 Å². The Morgan fingerprint density at radius 1 is 1.24 bits per heavy atom. The van der Waals surface area contributed by atoms with Gasteiger partial charge in [0.25, 0.3) is 0 Å². The number of hydrogen-bond acceptors (Lipinski definition) is 5. The molecule has 0 unspecified atom stereocenters. The third-order valence-electron chi connectivity index (χ3n) is 4.58. The lowest BCUT2D eigenvalue weighted by Crippen LogP contribution is -2.06. The molecular formula is C20H16N2O2S. The Morgan fingerprint density at radius 2 is 2.04 bits per heavy atom. The Balaban J connectivity index is 1.75. The molecule has 0 atom stereocenters. The monoisotopic (exact) mass is 348 g/mol. The highest BCUT2D eigenvalue weighted by Gasteiger charge is 2.26. The summed E-state index contributed by atoms with van der Waals surface area (Å²) in [5, 5.41) is 10.2. The second kappa shape index (κ2) is 6.30. The van der Waals surface area contributed by atoms with Crippen LogP contribution in [0.15, 0.2) is 35.3 Å². The number of nitriles is 1. The largest absolute Gasteiger partial charge is 0.421 e. The van der Waals surface area contributed by atoms with Crippen LogP contribution in [0.5, 0.6) is 0 Å². The molecule has 1 aliphatic carbocycles. The summed E-state index contributed by atoms with van der Waals surface area (Å²) in [6, 6.07) is 10.0. The highest BCUT2D eigenvalue weighted by molar-refractivity contribution is 7.16. The van der Waals surface area contributed by atoms with E-state index in [0.29, 0.717) is 16.3 Å². The van der Waals surface area contributed by atoms with Crippen LogP contribution >= 0.6 is 11.3 Å². The van der Waals surface area contributed by atoms with Crippen LogP contribution in [0, 0.1) is 18.3 Å². The zero-order valence-electron chi connectivity index (χ0n) is 13.8. The number of ether oxygens (including phenoxy) is 1. The van der Waals surface area contributed by atoms with Crippen LogP contribution in [0.3, 0.4) is 0 Å². The van der Waals surface area contributed by atoms with Crippen LogP contribution < -0.4 is 0 Å². The Morgan fingerprint density at radius 3 is 2.84 bits per heavy atom. The molecule has 5 heteroatoms. The van der Waals surface area contributed by atoms with E-state index < -0.39 is 5.97 Å². The number of aliphatic imine (C=N–C) groups is 1. The number of rotatable bonds is 2. The van der Waals surface area contributed by atoms with E-state index in [-0.39, 0.29) is 5.71 Å².